The number of ether oxygens (including phenoxy) is 3. The Morgan fingerprint density at radius 1 is 0.942 bits per heavy atom. The molecule has 3 fully saturated rings. The van der Waals surface area contributed by atoms with Crippen molar-refractivity contribution in [3.05, 3.63) is 59.9 Å². The predicted molar refractivity (Wildman–Crippen MR) is 200 cm³/mol. The van der Waals surface area contributed by atoms with E-state index in [1.165, 1.54) is 51.4 Å². The second kappa shape index (κ2) is 16.9. The summed E-state index contributed by atoms with van der Waals surface area (Å²) in [4.78, 5) is 25.6. The number of pyridine rings is 2. The van der Waals surface area contributed by atoms with E-state index in [4.69, 9.17) is 23.6 Å². The van der Waals surface area contributed by atoms with Crippen LogP contribution in [0.3, 0.4) is 0 Å². The van der Waals surface area contributed by atoms with Gasteiger partial charge in [0, 0.05) is 56.0 Å². The summed E-state index contributed by atoms with van der Waals surface area (Å²) < 4.78 is 23.8. The number of carbonyl (C=O) groups excluding carboxylic acids is 1. The smallest absolute Gasteiger partial charge is 0.253 e. The number of benzene rings is 1. The average Bonchev–Trinajstić information content (AvgIpc) is 3.61. The van der Waals surface area contributed by atoms with E-state index in [0.29, 0.717) is 70.2 Å². The van der Waals surface area contributed by atoms with Gasteiger partial charge in [-0.25, -0.2) is 4.98 Å². The zero-order valence-corrected chi connectivity index (χ0v) is 30.6. The number of likely N-dealkylation sites (tertiary alicyclic amines) is 1. The van der Waals surface area contributed by atoms with Crippen LogP contribution in [0.25, 0.3) is 33.7 Å². The van der Waals surface area contributed by atoms with Crippen molar-refractivity contribution in [3.63, 3.8) is 0 Å². The monoisotopic (exact) mass is 705 g/mol. The molecule has 0 radical (unpaired) electrons. The third-order valence-electron chi connectivity index (χ3n) is 11.1. The highest BCUT2D eigenvalue weighted by Gasteiger charge is 2.32. The molecular formula is C42H51N5O5. The van der Waals surface area contributed by atoms with Crippen molar-refractivity contribution in [3.8, 4) is 40.1 Å². The summed E-state index contributed by atoms with van der Waals surface area (Å²) >= 11 is 0. The number of nitrogens with one attached hydrogen (secondary N) is 1. The molecule has 1 aliphatic carbocycles. The lowest BCUT2D eigenvalue weighted by atomic mass is 9.81. The van der Waals surface area contributed by atoms with Gasteiger partial charge in [-0.2, -0.15) is 5.26 Å². The fourth-order valence-electron chi connectivity index (χ4n) is 8.40. The van der Waals surface area contributed by atoms with E-state index >= 15 is 0 Å². The Labute approximate surface area is 306 Å². The van der Waals surface area contributed by atoms with Crippen molar-refractivity contribution in [2.75, 3.05) is 40.5 Å². The molecule has 274 valence electrons. The third kappa shape index (κ3) is 8.43. The van der Waals surface area contributed by atoms with Gasteiger partial charge in [0.15, 0.2) is 11.3 Å². The first-order valence-electron chi connectivity index (χ1n) is 19.2. The van der Waals surface area contributed by atoms with Gasteiger partial charge < -0.3 is 28.8 Å². The number of furan rings is 1. The minimum atomic E-state index is -0.123. The van der Waals surface area contributed by atoms with Gasteiger partial charge in [0.05, 0.1) is 31.5 Å². The van der Waals surface area contributed by atoms with E-state index in [1.807, 2.05) is 30.3 Å². The third-order valence-corrected chi connectivity index (χ3v) is 11.1. The molecule has 3 atom stereocenters. The molecule has 3 aromatic heterocycles. The minimum Gasteiger partial charge on any atom is -0.494 e. The Balaban J connectivity index is 1.11. The zero-order chi connectivity index (χ0) is 35.9. The van der Waals surface area contributed by atoms with E-state index in [1.54, 1.807) is 25.6 Å². The normalized spacial score (nSPS) is 22.4. The highest BCUT2D eigenvalue weighted by Crippen LogP contribution is 2.38. The molecule has 10 nitrogen and oxygen atoms in total. The summed E-state index contributed by atoms with van der Waals surface area (Å²) in [6.45, 7) is 3.48. The first kappa shape index (κ1) is 35.9. The number of nitriles is 1. The van der Waals surface area contributed by atoms with Crippen molar-refractivity contribution in [2.24, 2.45) is 11.8 Å². The SMILES string of the molecule is COc1cc(C(=O)N[C@H]2CCCCCCCCC[C@@H]3C[C@H]2CN(C)C3)cnc1-c1cc2nccc(-c3ccc(OC4CCOCC4)c(C#N)c3)c2o1. The Kier molecular flexibility index (Phi) is 11.7. The van der Waals surface area contributed by atoms with E-state index in [0.717, 1.165) is 49.9 Å². The molecule has 2 bridgehead atoms. The minimum absolute atomic E-state index is 0.0307. The van der Waals surface area contributed by atoms with Crippen LogP contribution in [0.2, 0.25) is 0 Å². The van der Waals surface area contributed by atoms with Crippen LogP contribution in [0.5, 0.6) is 11.5 Å². The van der Waals surface area contributed by atoms with E-state index < -0.39 is 0 Å². The molecule has 7 rings (SSSR count). The molecule has 5 heterocycles. The summed E-state index contributed by atoms with van der Waals surface area (Å²) in [6.07, 6.45) is 17.3. The lowest BCUT2D eigenvalue weighted by Gasteiger charge is -2.40. The number of hydrogen-bond acceptors (Lipinski definition) is 9. The highest BCUT2D eigenvalue weighted by molar-refractivity contribution is 5.96. The maximum atomic E-state index is 13.8. The largest absolute Gasteiger partial charge is 0.494 e. The van der Waals surface area contributed by atoms with Crippen molar-refractivity contribution in [2.45, 2.75) is 89.2 Å². The highest BCUT2D eigenvalue weighted by atomic mass is 16.5. The number of amides is 1. The average molecular weight is 706 g/mol. The number of carbonyl (C=O) groups is 1. The first-order valence-corrected chi connectivity index (χ1v) is 19.2. The lowest BCUT2D eigenvalue weighted by Crippen LogP contribution is -2.49. The molecule has 52 heavy (non-hydrogen) atoms. The molecule has 0 spiro atoms. The van der Waals surface area contributed by atoms with Crippen LogP contribution in [0.15, 0.2) is 53.2 Å². The molecule has 4 aromatic rings. The Morgan fingerprint density at radius 3 is 2.52 bits per heavy atom. The summed E-state index contributed by atoms with van der Waals surface area (Å²) in [6, 6.07) is 13.5. The number of rotatable bonds is 7. The quantitative estimate of drug-likeness (QED) is 0.203. The molecule has 1 saturated carbocycles. The molecule has 2 saturated heterocycles. The molecule has 2 aliphatic heterocycles. The Hall–Kier alpha value is -4.46. The van der Waals surface area contributed by atoms with Crippen LogP contribution in [0.4, 0.5) is 0 Å². The number of piperidine rings is 1. The molecule has 0 unspecified atom stereocenters. The van der Waals surface area contributed by atoms with Crippen LogP contribution in [0, 0.1) is 23.2 Å². The molecule has 1 N–H and O–H groups in total. The van der Waals surface area contributed by atoms with Gasteiger partial charge in [-0.3, -0.25) is 9.78 Å². The van der Waals surface area contributed by atoms with Crippen LogP contribution < -0.4 is 14.8 Å². The molecule has 1 amide bonds. The van der Waals surface area contributed by atoms with Crippen LogP contribution in [0.1, 0.15) is 93.0 Å². The topological polar surface area (TPSA) is 123 Å². The van der Waals surface area contributed by atoms with Crippen LogP contribution in [-0.2, 0) is 4.74 Å². The molecule has 1 aromatic carbocycles. The van der Waals surface area contributed by atoms with Crippen LogP contribution >= 0.6 is 0 Å². The fourth-order valence-corrected chi connectivity index (χ4v) is 8.40. The number of aromatic nitrogens is 2. The molecule has 10 heteroatoms. The van der Waals surface area contributed by atoms with Crippen molar-refractivity contribution in [1.82, 2.24) is 20.2 Å². The van der Waals surface area contributed by atoms with Crippen molar-refractivity contribution in [1.29, 1.82) is 5.26 Å². The number of hydrogen-bond donors (Lipinski definition) is 1. The van der Waals surface area contributed by atoms with Gasteiger partial charge >= 0.3 is 0 Å². The van der Waals surface area contributed by atoms with Crippen molar-refractivity contribution < 1.29 is 23.4 Å². The van der Waals surface area contributed by atoms with Crippen molar-refractivity contribution >= 4 is 17.0 Å². The van der Waals surface area contributed by atoms with Gasteiger partial charge in [0.25, 0.3) is 5.91 Å². The Morgan fingerprint density at radius 2 is 1.73 bits per heavy atom. The Bertz CT molecular complexity index is 1880. The maximum absolute atomic E-state index is 13.8. The second-order valence-electron chi connectivity index (χ2n) is 14.9. The molecule has 3 aliphatic rings. The second-order valence-corrected chi connectivity index (χ2v) is 14.9. The zero-order valence-electron chi connectivity index (χ0n) is 30.6. The van der Waals surface area contributed by atoms with Gasteiger partial charge in [-0.15, -0.1) is 0 Å². The number of nitrogens with zero attached hydrogens (tertiary/aromatic N) is 4. The maximum Gasteiger partial charge on any atom is 0.253 e. The van der Waals surface area contributed by atoms with Gasteiger partial charge in [0.2, 0.25) is 0 Å². The first-order chi connectivity index (χ1) is 25.5. The number of fused-ring (bicyclic) bond motifs is 3. The number of methoxy groups -OCH3 is 1. The summed E-state index contributed by atoms with van der Waals surface area (Å²) in [5, 5.41) is 13.4. The summed E-state index contributed by atoms with van der Waals surface area (Å²) in [5.41, 5.74) is 4.23. The van der Waals surface area contributed by atoms with E-state index in [-0.39, 0.29) is 18.1 Å². The van der Waals surface area contributed by atoms with Gasteiger partial charge in [-0.1, -0.05) is 51.0 Å². The molecular weight excluding hydrogens is 654 g/mol. The fraction of sp³-hybridized carbons (Fsp3) is 0.524. The van der Waals surface area contributed by atoms with Crippen LogP contribution in [-0.4, -0.2) is 73.4 Å². The summed E-state index contributed by atoms with van der Waals surface area (Å²) in [7, 11) is 3.80. The van der Waals surface area contributed by atoms with Gasteiger partial charge in [0.1, 0.15) is 34.9 Å². The standard InChI is InChI=1S/C42H51N5O5/c1-47-26-28-10-8-6-4-3-5-7-9-11-35(32(20-28)27-47)46-42(48)31-22-38(49-2)40(45-25-31)39-23-36-41(52-39)34(14-17-44-36)29-12-13-37(30(21-29)24-43)51-33-15-18-50-19-16-33/h12-14,17,21-23,25,28,32-33,35H,3-11,15-16,18-20,26-27H2,1-2H3,(H,46,48)/t28-,32+,35+/m1/s1. The summed E-state index contributed by atoms with van der Waals surface area (Å²) in [5.74, 6) is 2.49. The van der Waals surface area contributed by atoms with E-state index in [2.05, 4.69) is 28.3 Å². The lowest BCUT2D eigenvalue weighted by molar-refractivity contribution is 0.0254. The van der Waals surface area contributed by atoms with E-state index in [9.17, 15) is 10.1 Å². The predicted octanol–water partition coefficient (Wildman–Crippen LogP) is 8.19. The van der Waals surface area contributed by atoms with Gasteiger partial charge in [-0.05, 0) is 68.0 Å².